The van der Waals surface area contributed by atoms with Crippen LogP contribution in [0.1, 0.15) is 11.3 Å². The lowest BCUT2D eigenvalue weighted by Gasteiger charge is -2.13. The van der Waals surface area contributed by atoms with Gasteiger partial charge in [-0.15, -0.1) is 11.3 Å². The lowest BCUT2D eigenvalue weighted by atomic mass is 10.1. The molecule has 0 fully saturated rings. The van der Waals surface area contributed by atoms with Gasteiger partial charge in [0.05, 0.1) is 9.89 Å². The highest BCUT2D eigenvalue weighted by atomic mass is 79.9. The van der Waals surface area contributed by atoms with Gasteiger partial charge < -0.3 is 10.0 Å². The lowest BCUT2D eigenvalue weighted by Crippen LogP contribution is -2.20. The van der Waals surface area contributed by atoms with Crippen molar-refractivity contribution >= 4 is 27.3 Å². The highest BCUT2D eigenvalue weighted by molar-refractivity contribution is 9.11. The van der Waals surface area contributed by atoms with Gasteiger partial charge in [-0.1, -0.05) is 0 Å². The van der Waals surface area contributed by atoms with Crippen LogP contribution in [0.25, 0.3) is 0 Å². The predicted octanol–water partition coefficient (Wildman–Crippen LogP) is 2.37. The van der Waals surface area contributed by atoms with Gasteiger partial charge in [0.25, 0.3) is 0 Å². The van der Waals surface area contributed by atoms with E-state index in [1.165, 1.54) is 4.88 Å². The van der Waals surface area contributed by atoms with Gasteiger partial charge in [-0.3, -0.25) is 0 Å². The Hall–Kier alpha value is 0.1000. The van der Waals surface area contributed by atoms with Crippen LogP contribution in [0.3, 0.4) is 0 Å². The van der Waals surface area contributed by atoms with Crippen LogP contribution in [0, 0.1) is 0 Å². The molecule has 0 spiro atoms. The molecule has 1 heterocycles. The number of nitrogens with zero attached hydrogens (tertiary/aromatic N) is 1. The zero-order valence-electron chi connectivity index (χ0n) is 8.53. The van der Waals surface area contributed by atoms with Gasteiger partial charge in [0.15, 0.2) is 0 Å². The van der Waals surface area contributed by atoms with Gasteiger partial charge in [0, 0.05) is 11.3 Å². The molecular formula is C10H16BrNOS. The second kappa shape index (κ2) is 5.85. The Bertz CT molecular complexity index is 275. The molecule has 2 nitrogen and oxygen atoms in total. The summed E-state index contributed by atoms with van der Waals surface area (Å²) in [6.45, 7) is 0.938. The van der Waals surface area contributed by atoms with Crippen molar-refractivity contribution in [1.29, 1.82) is 0 Å². The fourth-order valence-electron chi connectivity index (χ4n) is 1.20. The minimum Gasteiger partial charge on any atom is -0.393 e. The maximum atomic E-state index is 9.73. The first-order valence-corrected chi connectivity index (χ1v) is 6.26. The number of aliphatic hydroxyl groups excluding tert-OH is 1. The maximum absolute atomic E-state index is 9.73. The van der Waals surface area contributed by atoms with Gasteiger partial charge in [-0.25, -0.2) is 0 Å². The third-order valence-corrected chi connectivity index (χ3v) is 3.62. The Balaban J connectivity index is 2.30. The molecule has 1 unspecified atom stereocenters. The van der Waals surface area contributed by atoms with Gasteiger partial charge in [0.2, 0.25) is 0 Å². The molecule has 0 saturated carbocycles. The van der Waals surface area contributed by atoms with E-state index >= 15 is 0 Å². The molecule has 0 bridgehead atoms. The van der Waals surface area contributed by atoms with Gasteiger partial charge in [-0.2, -0.15) is 0 Å². The van der Waals surface area contributed by atoms with Crippen molar-refractivity contribution in [3.05, 3.63) is 20.8 Å². The first-order valence-electron chi connectivity index (χ1n) is 4.65. The van der Waals surface area contributed by atoms with Gasteiger partial charge in [0.1, 0.15) is 0 Å². The zero-order valence-corrected chi connectivity index (χ0v) is 10.9. The van der Waals surface area contributed by atoms with E-state index in [9.17, 15) is 5.11 Å². The second-order valence-corrected chi connectivity index (χ2v) is 6.20. The van der Waals surface area contributed by atoms with E-state index in [4.69, 9.17) is 0 Å². The number of hydrogen-bond acceptors (Lipinski definition) is 3. The molecule has 80 valence electrons. The van der Waals surface area contributed by atoms with Crippen LogP contribution in [0.2, 0.25) is 0 Å². The van der Waals surface area contributed by atoms with E-state index in [2.05, 4.69) is 26.9 Å². The molecule has 1 atom stereocenters. The lowest BCUT2D eigenvalue weighted by molar-refractivity contribution is 0.153. The Labute approximate surface area is 97.7 Å². The SMILES string of the molecule is CN(C)CCC(O)Cc1ccc(Br)s1. The molecule has 1 aromatic heterocycles. The topological polar surface area (TPSA) is 23.5 Å². The summed E-state index contributed by atoms with van der Waals surface area (Å²) >= 11 is 5.11. The summed E-state index contributed by atoms with van der Waals surface area (Å²) in [5.74, 6) is 0. The van der Waals surface area contributed by atoms with Gasteiger partial charge >= 0.3 is 0 Å². The number of aliphatic hydroxyl groups is 1. The molecule has 1 aromatic rings. The van der Waals surface area contributed by atoms with Crippen molar-refractivity contribution in [3.63, 3.8) is 0 Å². The highest BCUT2D eigenvalue weighted by Gasteiger charge is 2.07. The summed E-state index contributed by atoms with van der Waals surface area (Å²) in [4.78, 5) is 3.33. The van der Waals surface area contributed by atoms with E-state index in [0.29, 0.717) is 0 Å². The molecular weight excluding hydrogens is 262 g/mol. The largest absolute Gasteiger partial charge is 0.393 e. The third-order valence-electron chi connectivity index (χ3n) is 1.98. The molecule has 0 aliphatic rings. The number of thiophene rings is 1. The van der Waals surface area contributed by atoms with E-state index in [1.807, 2.05) is 20.2 Å². The zero-order chi connectivity index (χ0) is 10.6. The molecule has 0 aliphatic carbocycles. The molecule has 1 rings (SSSR count). The Kier molecular flexibility index (Phi) is 5.09. The molecule has 0 saturated heterocycles. The monoisotopic (exact) mass is 277 g/mol. The first-order chi connectivity index (χ1) is 6.58. The van der Waals surface area contributed by atoms with Crippen LogP contribution < -0.4 is 0 Å². The van der Waals surface area contributed by atoms with Crippen molar-refractivity contribution < 1.29 is 5.11 Å². The van der Waals surface area contributed by atoms with E-state index in [-0.39, 0.29) is 6.10 Å². The average molecular weight is 278 g/mol. The summed E-state index contributed by atoms with van der Waals surface area (Å²) in [5, 5.41) is 9.73. The first kappa shape index (κ1) is 12.2. The fraction of sp³-hybridized carbons (Fsp3) is 0.600. The standard InChI is InChI=1S/C10H16BrNOS/c1-12(2)6-5-8(13)7-9-3-4-10(11)14-9/h3-4,8,13H,5-7H2,1-2H3. The predicted molar refractivity (Wildman–Crippen MR) is 64.9 cm³/mol. The van der Waals surface area contributed by atoms with E-state index in [0.717, 1.165) is 23.2 Å². The molecule has 4 heteroatoms. The van der Waals surface area contributed by atoms with Crippen LogP contribution >= 0.6 is 27.3 Å². The van der Waals surface area contributed by atoms with Crippen molar-refractivity contribution in [2.75, 3.05) is 20.6 Å². The number of rotatable bonds is 5. The fourth-order valence-corrected chi connectivity index (χ4v) is 2.76. The van der Waals surface area contributed by atoms with Crippen molar-refractivity contribution in [1.82, 2.24) is 4.90 Å². The summed E-state index contributed by atoms with van der Waals surface area (Å²) in [6, 6.07) is 4.09. The average Bonchev–Trinajstić information content (AvgIpc) is 2.48. The van der Waals surface area contributed by atoms with Crippen LogP contribution in [0.15, 0.2) is 15.9 Å². The van der Waals surface area contributed by atoms with Crippen LogP contribution in [0.5, 0.6) is 0 Å². The minimum atomic E-state index is -0.219. The van der Waals surface area contributed by atoms with Gasteiger partial charge in [-0.05, 0) is 55.1 Å². The third kappa shape index (κ3) is 4.55. The summed E-state index contributed by atoms with van der Waals surface area (Å²) in [7, 11) is 4.04. The Morgan fingerprint density at radius 1 is 1.50 bits per heavy atom. The smallest absolute Gasteiger partial charge is 0.0701 e. The number of hydrogen-bond donors (Lipinski definition) is 1. The molecule has 1 N–H and O–H groups in total. The van der Waals surface area contributed by atoms with Crippen molar-refractivity contribution in [3.8, 4) is 0 Å². The maximum Gasteiger partial charge on any atom is 0.0701 e. The Morgan fingerprint density at radius 3 is 2.71 bits per heavy atom. The van der Waals surface area contributed by atoms with E-state index < -0.39 is 0 Å². The van der Waals surface area contributed by atoms with Crippen LogP contribution in [0.4, 0.5) is 0 Å². The molecule has 0 amide bonds. The minimum absolute atomic E-state index is 0.219. The van der Waals surface area contributed by atoms with E-state index in [1.54, 1.807) is 11.3 Å². The van der Waals surface area contributed by atoms with Crippen LogP contribution in [-0.2, 0) is 6.42 Å². The Morgan fingerprint density at radius 2 is 2.21 bits per heavy atom. The summed E-state index contributed by atoms with van der Waals surface area (Å²) < 4.78 is 1.13. The number of halogens is 1. The molecule has 0 aliphatic heterocycles. The molecule has 0 radical (unpaired) electrons. The van der Waals surface area contributed by atoms with Crippen LogP contribution in [-0.4, -0.2) is 36.8 Å². The molecule has 0 aromatic carbocycles. The molecule has 14 heavy (non-hydrogen) atoms. The van der Waals surface area contributed by atoms with Crippen molar-refractivity contribution in [2.45, 2.75) is 18.9 Å². The highest BCUT2D eigenvalue weighted by Crippen LogP contribution is 2.23. The quantitative estimate of drug-likeness (QED) is 0.893. The second-order valence-electron chi connectivity index (χ2n) is 3.66. The normalized spacial score (nSPS) is 13.5. The summed E-state index contributed by atoms with van der Waals surface area (Å²) in [5.41, 5.74) is 0. The summed E-state index contributed by atoms with van der Waals surface area (Å²) in [6.07, 6.45) is 1.38. The van der Waals surface area contributed by atoms with Crippen molar-refractivity contribution in [2.24, 2.45) is 0 Å².